The van der Waals surface area contributed by atoms with Gasteiger partial charge in [-0.2, -0.15) is 0 Å². The Balaban J connectivity index is 1.90. The Bertz CT molecular complexity index is 217. The second-order valence-corrected chi connectivity index (χ2v) is 4.45. The van der Waals surface area contributed by atoms with Crippen LogP contribution in [-0.2, 0) is 19.0 Å². The van der Waals surface area contributed by atoms with E-state index in [1.807, 2.05) is 0 Å². The molecule has 5 nitrogen and oxygen atoms in total. The lowest BCUT2D eigenvalue weighted by Gasteiger charge is -2.22. The van der Waals surface area contributed by atoms with Gasteiger partial charge in [-0.05, 0) is 32.4 Å². The Morgan fingerprint density at radius 2 is 2.00 bits per heavy atom. The van der Waals surface area contributed by atoms with Crippen LogP contribution < -0.4 is 5.32 Å². The zero-order valence-corrected chi connectivity index (χ0v) is 11.3. The lowest BCUT2D eigenvalue weighted by molar-refractivity contribution is -0.153. The molecule has 0 aromatic carbocycles. The number of piperidine rings is 1. The maximum Gasteiger partial charge on any atom is 0.332 e. The fourth-order valence-electron chi connectivity index (χ4n) is 1.75. The van der Waals surface area contributed by atoms with Crippen molar-refractivity contribution in [2.45, 2.75) is 38.7 Å². The number of rotatable bonds is 9. The van der Waals surface area contributed by atoms with Crippen molar-refractivity contribution >= 4 is 5.97 Å². The Hall–Kier alpha value is -0.650. The van der Waals surface area contributed by atoms with Gasteiger partial charge in [-0.3, -0.25) is 0 Å². The molecule has 106 valence electrons. The number of hydrogen-bond acceptors (Lipinski definition) is 5. The molecule has 0 unspecified atom stereocenters. The summed E-state index contributed by atoms with van der Waals surface area (Å²) in [4.78, 5) is 11.4. The molecule has 0 bridgehead atoms. The van der Waals surface area contributed by atoms with E-state index >= 15 is 0 Å². The fraction of sp³-hybridized carbons (Fsp3) is 0.923. The SMILES string of the molecule is CCCCOCCOC(=O)COC1CCNCC1. The predicted octanol–water partition coefficient (Wildman–Crippen LogP) is 1.11. The molecule has 1 aliphatic rings. The minimum Gasteiger partial charge on any atom is -0.462 e. The predicted molar refractivity (Wildman–Crippen MR) is 68.5 cm³/mol. The average Bonchev–Trinajstić information content (AvgIpc) is 2.41. The van der Waals surface area contributed by atoms with Crippen LogP contribution in [0.25, 0.3) is 0 Å². The summed E-state index contributed by atoms with van der Waals surface area (Å²) >= 11 is 0. The number of esters is 1. The molecule has 0 spiro atoms. The summed E-state index contributed by atoms with van der Waals surface area (Å²) in [6.07, 6.45) is 4.29. The molecule has 0 aromatic rings. The molecule has 1 aliphatic heterocycles. The topological polar surface area (TPSA) is 56.8 Å². The number of nitrogens with one attached hydrogen (secondary N) is 1. The first-order valence-corrected chi connectivity index (χ1v) is 6.88. The summed E-state index contributed by atoms with van der Waals surface area (Å²) in [5.41, 5.74) is 0. The van der Waals surface area contributed by atoms with Crippen molar-refractivity contribution in [3.8, 4) is 0 Å². The van der Waals surface area contributed by atoms with Crippen molar-refractivity contribution in [1.29, 1.82) is 0 Å². The quantitative estimate of drug-likeness (QED) is 0.496. The van der Waals surface area contributed by atoms with Crippen LogP contribution in [-0.4, -0.2) is 51.6 Å². The Labute approximate surface area is 109 Å². The van der Waals surface area contributed by atoms with E-state index in [1.165, 1.54) is 0 Å². The highest BCUT2D eigenvalue weighted by atomic mass is 16.6. The van der Waals surface area contributed by atoms with Crippen LogP contribution >= 0.6 is 0 Å². The number of carbonyl (C=O) groups is 1. The van der Waals surface area contributed by atoms with Crippen molar-refractivity contribution in [2.75, 3.05) is 39.5 Å². The first-order valence-electron chi connectivity index (χ1n) is 6.88. The molecular formula is C13H25NO4. The van der Waals surface area contributed by atoms with Gasteiger partial charge < -0.3 is 19.5 Å². The largest absolute Gasteiger partial charge is 0.462 e. The van der Waals surface area contributed by atoms with E-state index in [0.29, 0.717) is 13.2 Å². The van der Waals surface area contributed by atoms with Crippen LogP contribution in [0.2, 0.25) is 0 Å². The molecule has 0 radical (unpaired) electrons. The van der Waals surface area contributed by atoms with Crippen molar-refractivity contribution in [2.24, 2.45) is 0 Å². The van der Waals surface area contributed by atoms with Crippen molar-refractivity contribution in [3.05, 3.63) is 0 Å². The van der Waals surface area contributed by atoms with Gasteiger partial charge in [0.1, 0.15) is 13.2 Å². The minimum absolute atomic E-state index is 0.0552. The molecule has 0 amide bonds. The second-order valence-electron chi connectivity index (χ2n) is 4.45. The van der Waals surface area contributed by atoms with Gasteiger partial charge in [0.15, 0.2) is 0 Å². The van der Waals surface area contributed by atoms with Crippen LogP contribution in [0.3, 0.4) is 0 Å². The third-order valence-electron chi connectivity index (χ3n) is 2.86. The van der Waals surface area contributed by atoms with E-state index in [9.17, 15) is 4.79 Å². The molecule has 1 saturated heterocycles. The lowest BCUT2D eigenvalue weighted by Crippen LogP contribution is -2.33. The standard InChI is InChI=1S/C13H25NO4/c1-2-3-8-16-9-10-17-13(15)11-18-12-4-6-14-7-5-12/h12,14H,2-11H2,1H3. The Morgan fingerprint density at radius 1 is 1.22 bits per heavy atom. The van der Waals surface area contributed by atoms with Crippen LogP contribution in [0, 0.1) is 0 Å². The summed E-state index contributed by atoms with van der Waals surface area (Å²) in [6, 6.07) is 0. The van der Waals surface area contributed by atoms with Gasteiger partial charge in [0.05, 0.1) is 12.7 Å². The number of unbranched alkanes of at least 4 members (excludes halogenated alkanes) is 1. The zero-order valence-electron chi connectivity index (χ0n) is 11.3. The monoisotopic (exact) mass is 259 g/mol. The van der Waals surface area contributed by atoms with Gasteiger partial charge >= 0.3 is 5.97 Å². The summed E-state index contributed by atoms with van der Waals surface area (Å²) < 4.78 is 15.8. The maximum atomic E-state index is 11.4. The van der Waals surface area contributed by atoms with Gasteiger partial charge in [-0.1, -0.05) is 13.3 Å². The first-order chi connectivity index (χ1) is 8.83. The van der Waals surface area contributed by atoms with E-state index in [2.05, 4.69) is 12.2 Å². The van der Waals surface area contributed by atoms with Crippen LogP contribution in [0.5, 0.6) is 0 Å². The number of carbonyl (C=O) groups excluding carboxylic acids is 1. The molecule has 0 aliphatic carbocycles. The molecule has 0 aromatic heterocycles. The highest BCUT2D eigenvalue weighted by molar-refractivity contribution is 5.70. The van der Waals surface area contributed by atoms with E-state index in [-0.39, 0.29) is 18.7 Å². The van der Waals surface area contributed by atoms with Gasteiger partial charge in [0, 0.05) is 6.61 Å². The number of ether oxygens (including phenoxy) is 3. The Morgan fingerprint density at radius 3 is 2.72 bits per heavy atom. The van der Waals surface area contributed by atoms with Crippen LogP contribution in [0.15, 0.2) is 0 Å². The minimum atomic E-state index is -0.298. The summed E-state index contributed by atoms with van der Waals surface area (Å²) in [5, 5.41) is 3.25. The van der Waals surface area contributed by atoms with Gasteiger partial charge in [-0.25, -0.2) is 4.79 Å². The summed E-state index contributed by atoms with van der Waals surface area (Å²) in [5.74, 6) is -0.298. The highest BCUT2D eigenvalue weighted by Crippen LogP contribution is 2.06. The van der Waals surface area contributed by atoms with E-state index < -0.39 is 0 Å². The van der Waals surface area contributed by atoms with Gasteiger partial charge in [0.2, 0.25) is 0 Å². The molecule has 1 rings (SSSR count). The third-order valence-corrected chi connectivity index (χ3v) is 2.86. The Kier molecular flexibility index (Phi) is 8.81. The highest BCUT2D eigenvalue weighted by Gasteiger charge is 2.15. The van der Waals surface area contributed by atoms with E-state index in [0.717, 1.165) is 45.4 Å². The first kappa shape index (κ1) is 15.4. The molecular weight excluding hydrogens is 234 g/mol. The molecule has 1 heterocycles. The van der Waals surface area contributed by atoms with Gasteiger partial charge in [-0.15, -0.1) is 0 Å². The summed E-state index contributed by atoms with van der Waals surface area (Å²) in [6.45, 7) is 5.62. The molecule has 5 heteroatoms. The molecule has 0 atom stereocenters. The zero-order chi connectivity index (χ0) is 13.1. The smallest absolute Gasteiger partial charge is 0.332 e. The van der Waals surface area contributed by atoms with Crippen molar-refractivity contribution in [3.63, 3.8) is 0 Å². The average molecular weight is 259 g/mol. The van der Waals surface area contributed by atoms with Crippen molar-refractivity contribution < 1.29 is 19.0 Å². The molecule has 1 fully saturated rings. The van der Waals surface area contributed by atoms with Crippen LogP contribution in [0.1, 0.15) is 32.6 Å². The maximum absolute atomic E-state index is 11.4. The van der Waals surface area contributed by atoms with E-state index in [4.69, 9.17) is 14.2 Å². The van der Waals surface area contributed by atoms with Gasteiger partial charge in [0.25, 0.3) is 0 Å². The third kappa shape index (κ3) is 7.63. The molecule has 0 saturated carbocycles. The lowest BCUT2D eigenvalue weighted by atomic mass is 10.1. The normalized spacial score (nSPS) is 16.7. The fourth-order valence-corrected chi connectivity index (χ4v) is 1.75. The second kappa shape index (κ2) is 10.3. The van der Waals surface area contributed by atoms with Crippen molar-refractivity contribution in [1.82, 2.24) is 5.32 Å². The summed E-state index contributed by atoms with van der Waals surface area (Å²) in [7, 11) is 0. The molecule has 1 N–H and O–H groups in total. The van der Waals surface area contributed by atoms with E-state index in [1.54, 1.807) is 0 Å². The molecule has 18 heavy (non-hydrogen) atoms. The van der Waals surface area contributed by atoms with Crippen LogP contribution in [0.4, 0.5) is 0 Å². The number of hydrogen-bond donors (Lipinski definition) is 1.